The molecule has 0 aromatic heterocycles. The fourth-order valence-corrected chi connectivity index (χ4v) is 3.18. The van der Waals surface area contributed by atoms with Crippen LogP contribution in [0, 0.1) is 11.8 Å². The molecular weight excluding hydrogens is 216 g/mol. The first-order valence-electron chi connectivity index (χ1n) is 6.74. The van der Waals surface area contributed by atoms with Crippen LogP contribution in [0.1, 0.15) is 25.8 Å². The molecule has 0 nitrogen and oxygen atoms in total. The standard InChI is InChI=1S/C18H20/c1-13(2)18(3,15-9-5-4-6-10-15)17-11-7-8-14-12-16(14)17/h4-11,14,16H,1,12H2,2-3H3. The number of fused-ring (bicyclic) bond motifs is 1. The van der Waals surface area contributed by atoms with Gasteiger partial charge in [0.15, 0.2) is 0 Å². The van der Waals surface area contributed by atoms with E-state index in [1.54, 1.807) is 5.57 Å². The summed E-state index contributed by atoms with van der Waals surface area (Å²) in [5, 5.41) is 0. The van der Waals surface area contributed by atoms with E-state index >= 15 is 0 Å². The molecule has 3 unspecified atom stereocenters. The van der Waals surface area contributed by atoms with Gasteiger partial charge in [-0.05, 0) is 37.7 Å². The summed E-state index contributed by atoms with van der Waals surface area (Å²) >= 11 is 0. The van der Waals surface area contributed by atoms with Crippen LogP contribution < -0.4 is 0 Å². The van der Waals surface area contributed by atoms with Crippen LogP contribution in [0.4, 0.5) is 0 Å². The Morgan fingerprint density at radius 3 is 2.67 bits per heavy atom. The van der Waals surface area contributed by atoms with E-state index in [0.717, 1.165) is 11.8 Å². The van der Waals surface area contributed by atoms with E-state index in [0.29, 0.717) is 0 Å². The Morgan fingerprint density at radius 1 is 1.28 bits per heavy atom. The van der Waals surface area contributed by atoms with Crippen LogP contribution in [0.2, 0.25) is 0 Å². The largest absolute Gasteiger partial charge is 0.0989 e. The Hall–Kier alpha value is -1.56. The number of hydrogen-bond acceptors (Lipinski definition) is 0. The molecular formula is C18H20. The van der Waals surface area contributed by atoms with Gasteiger partial charge in [0, 0.05) is 5.41 Å². The van der Waals surface area contributed by atoms with Gasteiger partial charge in [0.1, 0.15) is 0 Å². The number of rotatable bonds is 3. The van der Waals surface area contributed by atoms with Gasteiger partial charge >= 0.3 is 0 Å². The van der Waals surface area contributed by atoms with Gasteiger partial charge in [-0.2, -0.15) is 0 Å². The summed E-state index contributed by atoms with van der Waals surface area (Å²) in [6, 6.07) is 10.8. The lowest BCUT2D eigenvalue weighted by molar-refractivity contribution is 0.604. The predicted molar refractivity (Wildman–Crippen MR) is 77.4 cm³/mol. The highest BCUT2D eigenvalue weighted by molar-refractivity contribution is 5.49. The molecule has 1 aromatic rings. The van der Waals surface area contributed by atoms with Crippen molar-refractivity contribution in [2.75, 3.05) is 0 Å². The third kappa shape index (κ3) is 1.59. The van der Waals surface area contributed by atoms with Crippen molar-refractivity contribution in [3.8, 4) is 0 Å². The number of hydrogen-bond donors (Lipinski definition) is 0. The molecule has 3 rings (SSSR count). The molecule has 0 heteroatoms. The van der Waals surface area contributed by atoms with Gasteiger partial charge < -0.3 is 0 Å². The minimum atomic E-state index is -0.00850. The summed E-state index contributed by atoms with van der Waals surface area (Å²) in [6.07, 6.45) is 8.21. The lowest BCUT2D eigenvalue weighted by Crippen LogP contribution is -2.28. The Balaban J connectivity index is 2.10. The Kier molecular flexibility index (Phi) is 2.55. The first-order valence-corrected chi connectivity index (χ1v) is 6.74. The minimum absolute atomic E-state index is 0.00850. The maximum Gasteiger partial charge on any atom is 0.0343 e. The van der Waals surface area contributed by atoms with Crippen molar-refractivity contribution in [2.45, 2.75) is 25.7 Å². The number of benzene rings is 1. The molecule has 2 aliphatic carbocycles. The molecule has 1 fully saturated rings. The molecule has 0 spiro atoms. The van der Waals surface area contributed by atoms with E-state index in [2.05, 4.69) is 69.0 Å². The van der Waals surface area contributed by atoms with Crippen LogP contribution >= 0.6 is 0 Å². The third-order valence-corrected chi connectivity index (χ3v) is 4.66. The Labute approximate surface area is 110 Å². The van der Waals surface area contributed by atoms with Crippen molar-refractivity contribution in [2.24, 2.45) is 11.8 Å². The summed E-state index contributed by atoms with van der Waals surface area (Å²) in [5.41, 5.74) is 4.14. The maximum atomic E-state index is 4.27. The second-order valence-corrected chi connectivity index (χ2v) is 5.78. The van der Waals surface area contributed by atoms with Crippen LogP contribution in [0.5, 0.6) is 0 Å². The zero-order chi connectivity index (χ0) is 12.8. The summed E-state index contributed by atoms with van der Waals surface area (Å²) in [4.78, 5) is 0. The summed E-state index contributed by atoms with van der Waals surface area (Å²) < 4.78 is 0. The topological polar surface area (TPSA) is 0 Å². The predicted octanol–water partition coefficient (Wildman–Crippen LogP) is 4.65. The zero-order valence-corrected chi connectivity index (χ0v) is 11.2. The highest BCUT2D eigenvalue weighted by atomic mass is 14.5. The molecule has 0 N–H and O–H groups in total. The van der Waals surface area contributed by atoms with Crippen LogP contribution in [-0.4, -0.2) is 0 Å². The normalized spacial score (nSPS) is 28.0. The van der Waals surface area contributed by atoms with Crippen molar-refractivity contribution in [3.05, 3.63) is 71.8 Å². The second kappa shape index (κ2) is 3.98. The fourth-order valence-electron chi connectivity index (χ4n) is 3.18. The van der Waals surface area contributed by atoms with Crippen molar-refractivity contribution in [1.82, 2.24) is 0 Å². The SMILES string of the molecule is C=C(C)C(C)(C1=CC=CC2CC12)c1ccccc1. The van der Waals surface area contributed by atoms with E-state index in [1.807, 2.05) is 0 Å². The molecule has 0 saturated heterocycles. The highest BCUT2D eigenvalue weighted by Crippen LogP contribution is 2.55. The van der Waals surface area contributed by atoms with Crippen LogP contribution in [0.3, 0.4) is 0 Å². The van der Waals surface area contributed by atoms with Gasteiger partial charge in [-0.1, -0.05) is 66.3 Å². The van der Waals surface area contributed by atoms with Crippen molar-refractivity contribution in [1.29, 1.82) is 0 Å². The first-order chi connectivity index (χ1) is 8.64. The molecule has 18 heavy (non-hydrogen) atoms. The van der Waals surface area contributed by atoms with E-state index < -0.39 is 0 Å². The first kappa shape index (κ1) is 11.5. The van der Waals surface area contributed by atoms with Gasteiger partial charge in [0.2, 0.25) is 0 Å². The summed E-state index contributed by atoms with van der Waals surface area (Å²) in [6.45, 7) is 8.75. The third-order valence-electron chi connectivity index (χ3n) is 4.66. The number of allylic oxidation sites excluding steroid dienone is 5. The molecule has 0 heterocycles. The van der Waals surface area contributed by atoms with Crippen LogP contribution in [-0.2, 0) is 5.41 Å². The monoisotopic (exact) mass is 236 g/mol. The van der Waals surface area contributed by atoms with Gasteiger partial charge in [-0.25, -0.2) is 0 Å². The Morgan fingerprint density at radius 2 is 2.00 bits per heavy atom. The van der Waals surface area contributed by atoms with E-state index in [4.69, 9.17) is 0 Å². The highest BCUT2D eigenvalue weighted by Gasteiger charge is 2.46. The molecule has 1 aromatic carbocycles. The quantitative estimate of drug-likeness (QED) is 0.670. The van der Waals surface area contributed by atoms with E-state index in [-0.39, 0.29) is 5.41 Å². The van der Waals surface area contributed by atoms with Crippen molar-refractivity contribution < 1.29 is 0 Å². The van der Waals surface area contributed by atoms with Gasteiger partial charge in [0.05, 0.1) is 0 Å². The maximum absolute atomic E-state index is 4.27. The molecule has 0 bridgehead atoms. The molecule has 2 aliphatic rings. The molecule has 0 aliphatic heterocycles. The lowest BCUT2D eigenvalue weighted by Gasteiger charge is -2.35. The minimum Gasteiger partial charge on any atom is -0.0989 e. The van der Waals surface area contributed by atoms with E-state index in [1.165, 1.54) is 17.6 Å². The zero-order valence-electron chi connectivity index (χ0n) is 11.2. The van der Waals surface area contributed by atoms with Gasteiger partial charge in [-0.3, -0.25) is 0 Å². The second-order valence-electron chi connectivity index (χ2n) is 5.78. The molecule has 3 atom stereocenters. The molecule has 92 valence electrons. The van der Waals surface area contributed by atoms with Crippen LogP contribution in [0.25, 0.3) is 0 Å². The molecule has 0 amide bonds. The summed E-state index contributed by atoms with van der Waals surface area (Å²) in [7, 11) is 0. The molecule has 1 saturated carbocycles. The molecule has 0 radical (unpaired) electrons. The van der Waals surface area contributed by atoms with Crippen LogP contribution in [0.15, 0.2) is 66.3 Å². The Bertz CT molecular complexity index is 532. The summed E-state index contributed by atoms with van der Waals surface area (Å²) in [5.74, 6) is 1.53. The average molecular weight is 236 g/mol. The lowest BCUT2D eigenvalue weighted by atomic mass is 9.68. The average Bonchev–Trinajstić information content (AvgIpc) is 3.17. The van der Waals surface area contributed by atoms with Crippen molar-refractivity contribution in [3.63, 3.8) is 0 Å². The van der Waals surface area contributed by atoms with Gasteiger partial charge in [0.25, 0.3) is 0 Å². The fraction of sp³-hybridized carbons (Fsp3) is 0.333. The van der Waals surface area contributed by atoms with Gasteiger partial charge in [-0.15, -0.1) is 0 Å². The van der Waals surface area contributed by atoms with Crippen molar-refractivity contribution >= 4 is 0 Å². The van der Waals surface area contributed by atoms with E-state index in [9.17, 15) is 0 Å². The smallest absolute Gasteiger partial charge is 0.0343 e.